The average molecular weight is 328 g/mol. The van der Waals surface area contributed by atoms with Crippen LogP contribution in [0.1, 0.15) is 5.69 Å². The van der Waals surface area contributed by atoms with E-state index in [-0.39, 0.29) is 11.8 Å². The molecule has 3 heterocycles. The van der Waals surface area contributed by atoms with E-state index in [4.69, 9.17) is 11.6 Å². The van der Waals surface area contributed by atoms with Gasteiger partial charge in [0.05, 0.1) is 28.0 Å². The molecule has 2 atom stereocenters. The molecule has 1 saturated heterocycles. The highest BCUT2D eigenvalue weighted by molar-refractivity contribution is 6.31. The number of rotatable bonds is 1. The van der Waals surface area contributed by atoms with Crippen LogP contribution in [-0.4, -0.2) is 29.9 Å². The van der Waals surface area contributed by atoms with E-state index >= 15 is 0 Å². The van der Waals surface area contributed by atoms with Gasteiger partial charge in [-0.15, -0.1) is 0 Å². The highest BCUT2D eigenvalue weighted by Gasteiger charge is 2.52. The third-order valence-electron chi connectivity index (χ3n) is 4.53. The second-order valence-electron chi connectivity index (χ2n) is 5.83. The number of anilines is 2. The SMILES string of the molecule is CN1c2cc(Cl)cnc2C[C@@H]2C(=O)N(c3ccccc3)C(=O)[C@@H]21. The van der Waals surface area contributed by atoms with Gasteiger partial charge in [-0.2, -0.15) is 0 Å². The van der Waals surface area contributed by atoms with Crippen molar-refractivity contribution in [3.8, 4) is 0 Å². The van der Waals surface area contributed by atoms with Gasteiger partial charge in [0.2, 0.25) is 5.91 Å². The number of halogens is 1. The summed E-state index contributed by atoms with van der Waals surface area (Å²) in [4.78, 5) is 33.1. The lowest BCUT2D eigenvalue weighted by atomic mass is 9.90. The number of nitrogens with zero attached hydrogens (tertiary/aromatic N) is 3. The number of aromatic nitrogens is 1. The van der Waals surface area contributed by atoms with Gasteiger partial charge in [-0.1, -0.05) is 29.8 Å². The maximum Gasteiger partial charge on any atom is 0.257 e. The molecule has 2 amide bonds. The van der Waals surface area contributed by atoms with Gasteiger partial charge in [0.15, 0.2) is 0 Å². The summed E-state index contributed by atoms with van der Waals surface area (Å²) in [6.07, 6.45) is 2.03. The van der Waals surface area contributed by atoms with Crippen molar-refractivity contribution in [1.82, 2.24) is 4.98 Å². The van der Waals surface area contributed by atoms with Crippen molar-refractivity contribution < 1.29 is 9.59 Å². The van der Waals surface area contributed by atoms with E-state index in [2.05, 4.69) is 4.98 Å². The van der Waals surface area contributed by atoms with Crippen molar-refractivity contribution in [3.05, 3.63) is 53.3 Å². The Morgan fingerprint density at radius 2 is 1.91 bits per heavy atom. The summed E-state index contributed by atoms with van der Waals surface area (Å²) in [7, 11) is 1.81. The van der Waals surface area contributed by atoms with Gasteiger partial charge in [-0.05, 0) is 18.2 Å². The average Bonchev–Trinajstić information content (AvgIpc) is 2.80. The van der Waals surface area contributed by atoms with Gasteiger partial charge < -0.3 is 4.90 Å². The van der Waals surface area contributed by atoms with Crippen LogP contribution in [0.5, 0.6) is 0 Å². The van der Waals surface area contributed by atoms with Gasteiger partial charge in [-0.3, -0.25) is 14.6 Å². The second kappa shape index (κ2) is 5.06. The van der Waals surface area contributed by atoms with Crippen LogP contribution in [0.4, 0.5) is 11.4 Å². The monoisotopic (exact) mass is 327 g/mol. The smallest absolute Gasteiger partial charge is 0.257 e. The van der Waals surface area contributed by atoms with Crippen LogP contribution in [0.15, 0.2) is 42.6 Å². The molecule has 1 aromatic carbocycles. The minimum atomic E-state index is -0.504. The Balaban J connectivity index is 1.78. The number of imide groups is 1. The fourth-order valence-corrected chi connectivity index (χ4v) is 3.61. The first-order valence-corrected chi connectivity index (χ1v) is 7.76. The summed E-state index contributed by atoms with van der Waals surface area (Å²) in [5.74, 6) is -0.770. The van der Waals surface area contributed by atoms with Gasteiger partial charge in [0, 0.05) is 19.7 Å². The molecule has 23 heavy (non-hydrogen) atoms. The second-order valence-corrected chi connectivity index (χ2v) is 6.27. The molecule has 1 fully saturated rings. The number of likely N-dealkylation sites (N-methyl/N-ethyl adjacent to an activating group) is 1. The van der Waals surface area contributed by atoms with Crippen LogP contribution < -0.4 is 9.80 Å². The molecule has 6 heteroatoms. The minimum absolute atomic E-state index is 0.166. The molecule has 2 aliphatic heterocycles. The molecular weight excluding hydrogens is 314 g/mol. The standard InChI is InChI=1S/C17H14ClN3O2/c1-20-14-7-10(18)9-19-13(14)8-12-15(20)17(23)21(16(12)22)11-5-3-2-4-6-11/h2-7,9,12,15H,8H2,1H3/t12-,15+/m0/s1. The Bertz CT molecular complexity index is 809. The third kappa shape index (κ3) is 2.04. The van der Waals surface area contributed by atoms with E-state index in [1.807, 2.05) is 30.1 Å². The van der Waals surface area contributed by atoms with Crippen molar-refractivity contribution in [2.75, 3.05) is 16.8 Å². The van der Waals surface area contributed by atoms with Gasteiger partial charge in [0.25, 0.3) is 5.91 Å². The molecule has 0 saturated carbocycles. The minimum Gasteiger partial charge on any atom is -0.360 e. The zero-order valence-corrected chi connectivity index (χ0v) is 13.2. The molecule has 0 aliphatic carbocycles. The summed E-state index contributed by atoms with van der Waals surface area (Å²) in [6.45, 7) is 0. The molecule has 4 rings (SSSR count). The van der Waals surface area contributed by atoms with E-state index in [1.54, 1.807) is 24.4 Å². The van der Waals surface area contributed by atoms with Crippen LogP contribution in [0.25, 0.3) is 0 Å². The van der Waals surface area contributed by atoms with Gasteiger partial charge in [0.1, 0.15) is 6.04 Å². The zero-order valence-electron chi connectivity index (χ0n) is 12.4. The first-order valence-electron chi connectivity index (χ1n) is 7.38. The first-order chi connectivity index (χ1) is 11.1. The van der Waals surface area contributed by atoms with Crippen LogP contribution in [0.3, 0.4) is 0 Å². The number of carbonyl (C=O) groups excluding carboxylic acids is 2. The number of hydrogen-bond donors (Lipinski definition) is 0. The largest absolute Gasteiger partial charge is 0.360 e. The summed E-state index contributed by atoms with van der Waals surface area (Å²) in [5, 5.41) is 0.519. The van der Waals surface area contributed by atoms with Crippen LogP contribution in [0.2, 0.25) is 5.02 Å². The normalized spacial score (nSPS) is 23.0. The predicted molar refractivity (Wildman–Crippen MR) is 87.6 cm³/mol. The molecule has 2 aliphatic rings. The molecule has 2 aromatic rings. The predicted octanol–water partition coefficient (Wildman–Crippen LogP) is 2.29. The summed E-state index contributed by atoms with van der Waals surface area (Å²) < 4.78 is 0. The van der Waals surface area contributed by atoms with E-state index in [0.29, 0.717) is 17.1 Å². The Hall–Kier alpha value is -2.40. The molecule has 0 N–H and O–H groups in total. The van der Waals surface area contributed by atoms with Gasteiger partial charge in [-0.25, -0.2) is 4.90 Å². The molecule has 0 radical (unpaired) electrons. The highest BCUT2D eigenvalue weighted by Crippen LogP contribution is 2.39. The molecule has 116 valence electrons. The van der Waals surface area contributed by atoms with Crippen LogP contribution in [0, 0.1) is 5.92 Å². The Morgan fingerprint density at radius 3 is 2.65 bits per heavy atom. The number of fused-ring (bicyclic) bond motifs is 2. The van der Waals surface area contributed by atoms with E-state index in [1.165, 1.54) is 4.90 Å². The van der Waals surface area contributed by atoms with E-state index in [9.17, 15) is 9.59 Å². The Labute approximate surface area is 138 Å². The maximum absolute atomic E-state index is 12.9. The summed E-state index contributed by atoms with van der Waals surface area (Å²) in [5.41, 5.74) is 2.23. The maximum atomic E-state index is 12.9. The van der Waals surface area contributed by atoms with E-state index in [0.717, 1.165) is 11.4 Å². The first kappa shape index (κ1) is 14.2. The van der Waals surface area contributed by atoms with Crippen LogP contribution >= 0.6 is 11.6 Å². The molecule has 0 bridgehead atoms. The third-order valence-corrected chi connectivity index (χ3v) is 4.74. The zero-order chi connectivity index (χ0) is 16.1. The number of hydrogen-bond acceptors (Lipinski definition) is 4. The Morgan fingerprint density at radius 1 is 1.17 bits per heavy atom. The Kier molecular flexibility index (Phi) is 3.13. The van der Waals surface area contributed by atoms with E-state index < -0.39 is 12.0 Å². The van der Waals surface area contributed by atoms with Gasteiger partial charge >= 0.3 is 0 Å². The summed E-state index contributed by atoms with van der Waals surface area (Å²) >= 11 is 6.02. The number of benzene rings is 1. The molecule has 5 nitrogen and oxygen atoms in total. The van der Waals surface area contributed by atoms with Crippen molar-refractivity contribution in [2.24, 2.45) is 5.92 Å². The lowest BCUT2D eigenvalue weighted by Crippen LogP contribution is -2.46. The number of para-hydroxylation sites is 1. The quantitative estimate of drug-likeness (QED) is 0.754. The number of amides is 2. The fraction of sp³-hybridized carbons (Fsp3) is 0.235. The molecular formula is C17H14ClN3O2. The van der Waals surface area contributed by atoms with Crippen LogP contribution in [-0.2, 0) is 16.0 Å². The van der Waals surface area contributed by atoms with Crippen molar-refractivity contribution in [3.63, 3.8) is 0 Å². The fourth-order valence-electron chi connectivity index (χ4n) is 3.46. The van der Waals surface area contributed by atoms with Crippen molar-refractivity contribution in [2.45, 2.75) is 12.5 Å². The number of pyridine rings is 1. The topological polar surface area (TPSA) is 53.5 Å². The van der Waals surface area contributed by atoms with Crippen molar-refractivity contribution >= 4 is 34.8 Å². The lowest BCUT2D eigenvalue weighted by molar-refractivity contribution is -0.122. The summed E-state index contributed by atoms with van der Waals surface area (Å²) in [6, 6.07) is 10.3. The molecule has 1 aromatic heterocycles. The number of carbonyl (C=O) groups is 2. The highest BCUT2D eigenvalue weighted by atomic mass is 35.5. The lowest BCUT2D eigenvalue weighted by Gasteiger charge is -2.34. The molecule has 0 spiro atoms. The molecule has 0 unspecified atom stereocenters. The van der Waals surface area contributed by atoms with Crippen molar-refractivity contribution in [1.29, 1.82) is 0 Å².